The second-order valence-electron chi connectivity index (χ2n) is 7.03. The van der Waals surface area contributed by atoms with E-state index in [1.165, 1.54) is 24.3 Å². The van der Waals surface area contributed by atoms with Crippen molar-refractivity contribution in [3.8, 4) is 34.4 Å². The van der Waals surface area contributed by atoms with Gasteiger partial charge in [0.05, 0.1) is 16.2 Å². The summed E-state index contributed by atoms with van der Waals surface area (Å²) < 4.78 is 106. The van der Waals surface area contributed by atoms with E-state index in [0.29, 0.717) is 18.2 Å². The van der Waals surface area contributed by atoms with Crippen LogP contribution in [0.5, 0.6) is 0 Å². The van der Waals surface area contributed by atoms with Crippen LogP contribution in [0.1, 0.15) is 11.3 Å². The molecule has 0 fully saturated rings. The van der Waals surface area contributed by atoms with Gasteiger partial charge in [-0.15, -0.1) is 0 Å². The number of primary sulfonamides is 1. The monoisotopic (exact) mass is 515 g/mol. The molecule has 0 bridgehead atoms. The normalized spacial score (nSPS) is 12.7. The molecule has 2 N–H and O–H groups in total. The van der Waals surface area contributed by atoms with Crippen LogP contribution in [0.4, 0.5) is 26.3 Å². The molecule has 0 amide bonds. The first kappa shape index (κ1) is 24.3. The van der Waals surface area contributed by atoms with Crippen molar-refractivity contribution in [3.05, 3.63) is 65.9 Å². The summed E-state index contributed by atoms with van der Waals surface area (Å²) in [4.78, 5) is 11.1. The third-order valence-electron chi connectivity index (χ3n) is 4.58. The molecule has 0 saturated heterocycles. The van der Waals surface area contributed by atoms with Gasteiger partial charge in [-0.1, -0.05) is 17.3 Å². The number of hydrogen-bond donors (Lipinski definition) is 1. The lowest BCUT2D eigenvalue weighted by Gasteiger charge is -2.10. The zero-order chi connectivity index (χ0) is 25.6. The summed E-state index contributed by atoms with van der Waals surface area (Å²) in [5.74, 6) is -1.23. The first-order valence-corrected chi connectivity index (χ1v) is 10.9. The maximum Gasteiger partial charge on any atom is 0.433 e. The zero-order valence-corrected chi connectivity index (χ0v) is 17.8. The Morgan fingerprint density at radius 1 is 0.743 bits per heavy atom. The number of aromatic nitrogens is 4. The van der Waals surface area contributed by atoms with Crippen molar-refractivity contribution in [1.29, 1.82) is 0 Å². The van der Waals surface area contributed by atoms with Crippen molar-refractivity contribution in [3.63, 3.8) is 0 Å². The Bertz CT molecular complexity index is 1480. The van der Waals surface area contributed by atoms with Gasteiger partial charge in [-0.3, -0.25) is 0 Å². The second-order valence-corrected chi connectivity index (χ2v) is 8.59. The van der Waals surface area contributed by atoms with E-state index in [0.717, 1.165) is 12.1 Å². The van der Waals surface area contributed by atoms with Crippen LogP contribution < -0.4 is 5.14 Å². The highest BCUT2D eigenvalue weighted by Gasteiger charge is 2.35. The van der Waals surface area contributed by atoms with Crippen molar-refractivity contribution in [2.75, 3.05) is 0 Å². The molecular weight excluding hydrogens is 504 g/mol. The minimum absolute atomic E-state index is 0.0366. The summed E-state index contributed by atoms with van der Waals surface area (Å²) in [7, 11) is -3.95. The number of nitrogens with zero attached hydrogens (tertiary/aromatic N) is 4. The van der Waals surface area contributed by atoms with Crippen LogP contribution in [0.3, 0.4) is 0 Å². The quantitative estimate of drug-likeness (QED) is 0.396. The minimum Gasteiger partial charge on any atom is -0.330 e. The molecule has 182 valence electrons. The average Bonchev–Trinajstić information content (AvgIpc) is 3.28. The van der Waals surface area contributed by atoms with Crippen molar-refractivity contribution in [2.45, 2.75) is 17.2 Å². The Balaban J connectivity index is 1.74. The van der Waals surface area contributed by atoms with Crippen LogP contribution in [0, 0.1) is 0 Å². The number of benzene rings is 2. The molecule has 2 aromatic carbocycles. The van der Waals surface area contributed by atoms with Crippen LogP contribution in [-0.2, 0) is 22.4 Å². The van der Waals surface area contributed by atoms with Gasteiger partial charge in [0.1, 0.15) is 5.69 Å². The zero-order valence-electron chi connectivity index (χ0n) is 17.0. The molecule has 15 heteroatoms. The highest BCUT2D eigenvalue weighted by molar-refractivity contribution is 7.89. The summed E-state index contributed by atoms with van der Waals surface area (Å²) >= 11 is 0. The van der Waals surface area contributed by atoms with Gasteiger partial charge in [0, 0.05) is 11.1 Å². The molecule has 0 unspecified atom stereocenters. The summed E-state index contributed by atoms with van der Waals surface area (Å²) in [5.41, 5.74) is -2.47. The largest absolute Gasteiger partial charge is 0.433 e. The lowest BCUT2D eigenvalue weighted by molar-refractivity contribution is -0.141. The summed E-state index contributed by atoms with van der Waals surface area (Å²) in [5, 5.41) is 8.66. The maximum absolute atomic E-state index is 13.4. The number of sulfonamides is 1. The lowest BCUT2D eigenvalue weighted by Crippen LogP contribution is -2.11. The van der Waals surface area contributed by atoms with E-state index in [4.69, 9.17) is 9.66 Å². The molecule has 0 saturated carbocycles. The van der Waals surface area contributed by atoms with Gasteiger partial charge in [0.25, 0.3) is 5.89 Å². The lowest BCUT2D eigenvalue weighted by atomic mass is 10.1. The highest BCUT2D eigenvalue weighted by Crippen LogP contribution is 2.34. The molecule has 0 aliphatic carbocycles. The maximum atomic E-state index is 13.4. The summed E-state index contributed by atoms with van der Waals surface area (Å²) in [6, 6.07) is 8.89. The fourth-order valence-electron chi connectivity index (χ4n) is 2.89. The molecule has 0 atom stereocenters. The SMILES string of the molecule is NS(=O)(=O)c1ccc(-c2noc(-c3nc(-c4ccc(C(F)(F)F)cc4)cc(C(F)(F)F)n3)n2)cc1. The molecule has 4 rings (SSSR count). The van der Waals surface area contributed by atoms with Crippen molar-refractivity contribution in [1.82, 2.24) is 20.1 Å². The minimum atomic E-state index is -4.91. The van der Waals surface area contributed by atoms with Gasteiger partial charge in [-0.2, -0.15) is 31.3 Å². The molecule has 35 heavy (non-hydrogen) atoms. The Morgan fingerprint density at radius 2 is 1.34 bits per heavy atom. The van der Waals surface area contributed by atoms with Gasteiger partial charge in [-0.05, 0) is 42.5 Å². The van der Waals surface area contributed by atoms with Gasteiger partial charge in [0.15, 0.2) is 0 Å². The third-order valence-corrected chi connectivity index (χ3v) is 5.51. The fraction of sp³-hybridized carbons (Fsp3) is 0.100. The van der Waals surface area contributed by atoms with E-state index >= 15 is 0 Å². The Kier molecular flexibility index (Phi) is 5.84. The number of halogens is 6. The molecular formula is C20H11F6N5O3S. The van der Waals surface area contributed by atoms with Crippen LogP contribution in [0.15, 0.2) is 64.0 Å². The van der Waals surface area contributed by atoms with E-state index in [9.17, 15) is 34.8 Å². The second kappa shape index (κ2) is 8.42. The molecule has 0 spiro atoms. The predicted octanol–water partition coefficient (Wildman–Crippen LogP) is 4.55. The Labute approximate surface area is 192 Å². The molecule has 0 aliphatic heterocycles. The highest BCUT2D eigenvalue weighted by atomic mass is 32.2. The number of hydrogen-bond acceptors (Lipinski definition) is 7. The molecule has 2 aromatic heterocycles. The van der Waals surface area contributed by atoms with Gasteiger partial charge in [0.2, 0.25) is 21.7 Å². The molecule has 4 aromatic rings. The fourth-order valence-corrected chi connectivity index (χ4v) is 3.41. The Hall–Kier alpha value is -3.85. The number of rotatable bonds is 4. The summed E-state index contributed by atoms with van der Waals surface area (Å²) in [6.07, 6.45) is -9.54. The van der Waals surface area contributed by atoms with E-state index in [1.54, 1.807) is 0 Å². The van der Waals surface area contributed by atoms with Crippen LogP contribution in [-0.4, -0.2) is 28.5 Å². The van der Waals surface area contributed by atoms with Crippen LogP contribution >= 0.6 is 0 Å². The van der Waals surface area contributed by atoms with E-state index in [2.05, 4.69) is 20.1 Å². The van der Waals surface area contributed by atoms with Crippen molar-refractivity contribution >= 4 is 10.0 Å². The smallest absolute Gasteiger partial charge is 0.330 e. The van der Waals surface area contributed by atoms with E-state index in [-0.39, 0.29) is 27.5 Å². The van der Waals surface area contributed by atoms with Crippen molar-refractivity contribution in [2.24, 2.45) is 5.14 Å². The third kappa shape index (κ3) is 5.30. The van der Waals surface area contributed by atoms with Gasteiger partial charge in [-0.25, -0.2) is 23.5 Å². The first-order valence-electron chi connectivity index (χ1n) is 9.33. The molecule has 8 nitrogen and oxygen atoms in total. The number of nitrogens with two attached hydrogens (primary N) is 1. The van der Waals surface area contributed by atoms with Crippen LogP contribution in [0.2, 0.25) is 0 Å². The summed E-state index contributed by atoms with van der Waals surface area (Å²) in [6.45, 7) is 0. The predicted molar refractivity (Wildman–Crippen MR) is 108 cm³/mol. The van der Waals surface area contributed by atoms with Gasteiger partial charge >= 0.3 is 12.4 Å². The van der Waals surface area contributed by atoms with Gasteiger partial charge < -0.3 is 4.52 Å². The molecule has 0 radical (unpaired) electrons. The van der Waals surface area contributed by atoms with Crippen LogP contribution in [0.25, 0.3) is 34.4 Å². The number of alkyl halides is 6. The Morgan fingerprint density at radius 3 is 1.89 bits per heavy atom. The van der Waals surface area contributed by atoms with E-state index < -0.39 is 45.3 Å². The standard InChI is InChI=1S/C20H11F6N5O3S/c21-19(22,23)12-5-1-10(2-6-12)14-9-15(20(24,25)26)29-17(28-14)18-30-16(31-34-18)11-3-7-13(8-4-11)35(27,32)33/h1-9H,(H2,27,32,33). The topological polar surface area (TPSA) is 125 Å². The molecule has 0 aliphatic rings. The first-order chi connectivity index (χ1) is 16.2. The van der Waals surface area contributed by atoms with Crippen molar-refractivity contribution < 1.29 is 39.3 Å². The molecule has 2 heterocycles. The average molecular weight is 515 g/mol. The van der Waals surface area contributed by atoms with E-state index in [1.807, 2.05) is 0 Å².